The summed E-state index contributed by atoms with van der Waals surface area (Å²) in [5.74, 6) is 0.674. The minimum absolute atomic E-state index is 0.426. The van der Waals surface area contributed by atoms with Gasteiger partial charge in [-0.3, -0.25) is 9.89 Å². The molecule has 0 bridgehead atoms. The number of rotatable bonds is 9. The fourth-order valence-electron chi connectivity index (χ4n) is 2.58. The van der Waals surface area contributed by atoms with Crippen LogP contribution in [-0.4, -0.2) is 54.1 Å². The van der Waals surface area contributed by atoms with Crippen LogP contribution in [0, 0.1) is 0 Å². The van der Waals surface area contributed by atoms with E-state index in [0.29, 0.717) is 42.6 Å². The second-order valence-corrected chi connectivity index (χ2v) is 7.43. The number of aliphatic imine (C=N–C) groups is 1. The molecule has 0 saturated heterocycles. The maximum atomic E-state index is 12.6. The number of nitrogens with one attached hydrogen (secondary N) is 2. The van der Waals surface area contributed by atoms with Crippen molar-refractivity contribution in [3.05, 3.63) is 16.1 Å². The molecule has 0 atom stereocenters. The van der Waals surface area contributed by atoms with Crippen LogP contribution >= 0.6 is 11.3 Å². The summed E-state index contributed by atoms with van der Waals surface area (Å²) in [4.78, 5) is 10.5. The number of nitrogens with zero attached hydrogens (tertiary/aromatic N) is 3. The molecule has 1 aromatic heterocycles. The van der Waals surface area contributed by atoms with E-state index in [9.17, 15) is 13.2 Å². The second kappa shape index (κ2) is 10.7. The monoisotopic (exact) mass is 393 g/mol. The summed E-state index contributed by atoms with van der Waals surface area (Å²) >= 11 is 1.03. The predicted molar refractivity (Wildman–Crippen MR) is 102 cm³/mol. The van der Waals surface area contributed by atoms with Gasteiger partial charge >= 0.3 is 6.18 Å². The van der Waals surface area contributed by atoms with Crippen LogP contribution in [0.25, 0.3) is 0 Å². The third-order valence-electron chi connectivity index (χ3n) is 3.77. The molecule has 0 fully saturated rings. The van der Waals surface area contributed by atoms with Crippen molar-refractivity contribution in [3.63, 3.8) is 0 Å². The van der Waals surface area contributed by atoms with Crippen LogP contribution in [0.15, 0.2) is 10.4 Å². The van der Waals surface area contributed by atoms with Gasteiger partial charge in [-0.15, -0.1) is 11.3 Å². The van der Waals surface area contributed by atoms with Gasteiger partial charge in [0.1, 0.15) is 0 Å². The van der Waals surface area contributed by atoms with Gasteiger partial charge in [0.15, 0.2) is 11.7 Å². The Bertz CT molecular complexity index is 547. The quantitative estimate of drug-likeness (QED) is 0.499. The molecule has 0 aliphatic rings. The van der Waals surface area contributed by atoms with E-state index in [1.54, 1.807) is 0 Å². The van der Waals surface area contributed by atoms with E-state index in [1.807, 2.05) is 6.92 Å². The van der Waals surface area contributed by atoms with E-state index >= 15 is 0 Å². The zero-order valence-corrected chi connectivity index (χ0v) is 17.0. The van der Waals surface area contributed by atoms with Gasteiger partial charge in [-0.1, -0.05) is 0 Å². The third kappa shape index (κ3) is 7.90. The average Bonchev–Trinajstić information content (AvgIpc) is 2.99. The van der Waals surface area contributed by atoms with Gasteiger partial charge in [0.05, 0.1) is 11.6 Å². The highest BCUT2D eigenvalue weighted by atomic mass is 32.1. The first-order valence-electron chi connectivity index (χ1n) is 8.94. The summed E-state index contributed by atoms with van der Waals surface area (Å²) in [6.45, 7) is 13.3. The maximum absolute atomic E-state index is 12.6. The van der Waals surface area contributed by atoms with Crippen LogP contribution in [0.1, 0.15) is 45.3 Å². The maximum Gasteiger partial charge on any atom is 0.434 e. The molecule has 1 rings (SSSR count). The van der Waals surface area contributed by atoms with Crippen LogP contribution in [-0.2, 0) is 12.6 Å². The number of guanidine groups is 1. The lowest BCUT2D eigenvalue weighted by Gasteiger charge is -2.29. The normalized spacial score (nSPS) is 13.1. The van der Waals surface area contributed by atoms with Gasteiger partial charge in [0.25, 0.3) is 0 Å². The first-order valence-corrected chi connectivity index (χ1v) is 9.82. The summed E-state index contributed by atoms with van der Waals surface area (Å²) in [7, 11) is 0. The fourth-order valence-corrected chi connectivity index (χ4v) is 3.38. The second-order valence-electron chi connectivity index (χ2n) is 6.49. The molecule has 0 amide bonds. The summed E-state index contributed by atoms with van der Waals surface area (Å²) in [5.41, 5.74) is -0.819. The number of hydrogen-bond donors (Lipinski definition) is 2. The van der Waals surface area contributed by atoms with E-state index in [4.69, 9.17) is 0 Å². The van der Waals surface area contributed by atoms with E-state index in [-0.39, 0.29) is 0 Å². The fraction of sp³-hybridized carbons (Fsp3) is 0.765. The molecule has 1 aromatic rings. The molecule has 2 N–H and O–H groups in total. The molecule has 0 spiro atoms. The van der Waals surface area contributed by atoms with Crippen LogP contribution in [0.3, 0.4) is 0 Å². The standard InChI is InChI=1S/C17H30F3N5S/c1-6-21-16(23-9-10-25(12(2)3)13(4)5)22-8-7-15-24-14(11-26-15)17(18,19)20/h11-13H,6-10H2,1-5H3,(H2,21,22,23). The van der Waals surface area contributed by atoms with Crippen LogP contribution in [0.5, 0.6) is 0 Å². The van der Waals surface area contributed by atoms with Crippen LogP contribution in [0.4, 0.5) is 13.2 Å². The zero-order valence-electron chi connectivity index (χ0n) is 16.2. The van der Waals surface area contributed by atoms with Gasteiger partial charge in [-0.05, 0) is 34.6 Å². The Kier molecular flexibility index (Phi) is 9.35. The smallest absolute Gasteiger partial charge is 0.357 e. The highest BCUT2D eigenvalue weighted by Crippen LogP contribution is 2.29. The summed E-state index contributed by atoms with van der Waals surface area (Å²) in [6.07, 6.45) is -3.95. The molecule has 1 heterocycles. The topological polar surface area (TPSA) is 52.6 Å². The molecule has 0 radical (unpaired) electrons. The Morgan fingerprint density at radius 2 is 1.88 bits per heavy atom. The van der Waals surface area contributed by atoms with Crippen molar-refractivity contribution in [1.29, 1.82) is 0 Å². The van der Waals surface area contributed by atoms with Crippen molar-refractivity contribution in [2.75, 3.05) is 26.2 Å². The van der Waals surface area contributed by atoms with Gasteiger partial charge in [-0.25, -0.2) is 4.98 Å². The average molecular weight is 394 g/mol. The van der Waals surface area contributed by atoms with Gasteiger partial charge in [0, 0.05) is 43.5 Å². The molecular formula is C17H30F3N5S. The van der Waals surface area contributed by atoms with E-state index < -0.39 is 11.9 Å². The molecule has 5 nitrogen and oxygen atoms in total. The molecule has 150 valence electrons. The Balaban J connectivity index is 2.50. The van der Waals surface area contributed by atoms with Gasteiger partial charge < -0.3 is 10.6 Å². The molecule has 9 heteroatoms. The summed E-state index contributed by atoms with van der Waals surface area (Å²) in [6, 6.07) is 0.905. The summed E-state index contributed by atoms with van der Waals surface area (Å²) in [5, 5.41) is 7.83. The van der Waals surface area contributed by atoms with Crippen molar-refractivity contribution >= 4 is 17.3 Å². The Labute approximate surface area is 158 Å². The zero-order chi connectivity index (χ0) is 19.7. The molecule has 0 aliphatic carbocycles. The number of halogens is 3. The van der Waals surface area contributed by atoms with Gasteiger partial charge in [-0.2, -0.15) is 13.2 Å². The highest BCUT2D eigenvalue weighted by molar-refractivity contribution is 7.09. The van der Waals surface area contributed by atoms with Crippen molar-refractivity contribution < 1.29 is 13.2 Å². The first kappa shape index (κ1) is 22.7. The first-order chi connectivity index (χ1) is 12.1. The number of alkyl halides is 3. The highest BCUT2D eigenvalue weighted by Gasteiger charge is 2.33. The Morgan fingerprint density at radius 1 is 1.23 bits per heavy atom. The van der Waals surface area contributed by atoms with Crippen molar-refractivity contribution in [1.82, 2.24) is 20.5 Å². The van der Waals surface area contributed by atoms with Crippen molar-refractivity contribution in [2.45, 2.75) is 59.3 Å². The van der Waals surface area contributed by atoms with E-state index in [2.05, 4.69) is 53.2 Å². The third-order valence-corrected chi connectivity index (χ3v) is 4.68. The summed E-state index contributed by atoms with van der Waals surface area (Å²) < 4.78 is 37.7. The predicted octanol–water partition coefficient (Wildman–Crippen LogP) is 3.38. The molecular weight excluding hydrogens is 363 g/mol. The Morgan fingerprint density at radius 3 is 2.38 bits per heavy atom. The molecule has 0 aliphatic heterocycles. The molecule has 0 saturated carbocycles. The molecule has 26 heavy (non-hydrogen) atoms. The van der Waals surface area contributed by atoms with Crippen molar-refractivity contribution in [2.24, 2.45) is 4.99 Å². The van der Waals surface area contributed by atoms with Crippen molar-refractivity contribution in [3.8, 4) is 0 Å². The van der Waals surface area contributed by atoms with E-state index in [1.165, 1.54) is 0 Å². The SMILES string of the molecule is CCNC(=NCCN(C(C)C)C(C)C)NCCc1nc(C(F)(F)F)cs1. The van der Waals surface area contributed by atoms with Crippen LogP contribution in [0.2, 0.25) is 0 Å². The lowest BCUT2D eigenvalue weighted by atomic mass is 10.2. The number of thiazole rings is 1. The number of aromatic nitrogens is 1. The van der Waals surface area contributed by atoms with Crippen LogP contribution < -0.4 is 10.6 Å². The Hall–Kier alpha value is -1.35. The van der Waals surface area contributed by atoms with E-state index in [0.717, 1.165) is 29.8 Å². The molecule has 0 aromatic carbocycles. The lowest BCUT2D eigenvalue weighted by Crippen LogP contribution is -2.41. The van der Waals surface area contributed by atoms with Gasteiger partial charge in [0.2, 0.25) is 0 Å². The lowest BCUT2D eigenvalue weighted by molar-refractivity contribution is -0.140. The molecule has 0 unspecified atom stereocenters. The largest absolute Gasteiger partial charge is 0.434 e. The minimum Gasteiger partial charge on any atom is -0.357 e. The number of hydrogen-bond acceptors (Lipinski definition) is 4. The minimum atomic E-state index is -4.38.